The predicted octanol–water partition coefficient (Wildman–Crippen LogP) is 0.703. The molecule has 0 radical (unpaired) electrons. The molecule has 4 nitrogen and oxygen atoms in total. The van der Waals surface area contributed by atoms with E-state index in [1.54, 1.807) is 19.1 Å². The molecule has 62 valence electrons. The molecule has 0 bridgehead atoms. The maximum Gasteiger partial charge on any atom is 0.364 e. The Morgan fingerprint density at radius 2 is 2.42 bits per heavy atom. The summed E-state index contributed by atoms with van der Waals surface area (Å²) in [6, 6.07) is 3.42. The third-order valence-corrected chi connectivity index (χ3v) is 1.36. The summed E-state index contributed by atoms with van der Waals surface area (Å²) < 4.78 is 4.13. The highest BCUT2D eigenvalue weighted by atomic mass is 16.6. The fraction of sp³-hybridized carbons (Fsp3) is 0.125. The van der Waals surface area contributed by atoms with Gasteiger partial charge in [-0.05, 0) is 18.6 Å². The van der Waals surface area contributed by atoms with Crippen molar-refractivity contribution in [2.24, 2.45) is 0 Å². The van der Waals surface area contributed by atoms with Crippen molar-refractivity contribution in [3.8, 4) is 0 Å². The fourth-order valence-corrected chi connectivity index (χ4v) is 0.799. The summed E-state index contributed by atoms with van der Waals surface area (Å²) in [5.74, 6) is -0.719. The minimum Gasteiger partial charge on any atom is -0.391 e. The first-order chi connectivity index (χ1) is 5.75. The third-order valence-electron chi connectivity index (χ3n) is 1.36. The zero-order valence-electron chi connectivity index (χ0n) is 6.48. The smallest absolute Gasteiger partial charge is 0.364 e. The second kappa shape index (κ2) is 3.61. The van der Waals surface area contributed by atoms with Gasteiger partial charge < -0.3 is 4.74 Å². The first-order valence-electron chi connectivity index (χ1n) is 3.32. The fourth-order valence-electron chi connectivity index (χ4n) is 0.799. The van der Waals surface area contributed by atoms with Gasteiger partial charge in [-0.25, -0.2) is 9.78 Å². The molecule has 0 atom stereocenters. The van der Waals surface area contributed by atoms with Crippen LogP contribution in [0.25, 0.3) is 0 Å². The summed E-state index contributed by atoms with van der Waals surface area (Å²) in [4.78, 5) is 24.5. The minimum atomic E-state index is -0.719. The highest BCUT2D eigenvalue weighted by Crippen LogP contribution is 2.03. The summed E-state index contributed by atoms with van der Waals surface area (Å²) in [6.07, 6.45) is 1.47. The molecular formula is C8H7NO3. The SMILES string of the molecule is Cc1cccnc1C(=O)OC=O. The van der Waals surface area contributed by atoms with Crippen LogP contribution in [0.5, 0.6) is 0 Å². The molecule has 0 amide bonds. The normalized spacial score (nSPS) is 9.08. The van der Waals surface area contributed by atoms with Crippen LogP contribution in [0.4, 0.5) is 0 Å². The van der Waals surface area contributed by atoms with E-state index in [0.717, 1.165) is 0 Å². The van der Waals surface area contributed by atoms with Gasteiger partial charge in [0.15, 0.2) is 5.69 Å². The maximum atomic E-state index is 10.9. The number of ether oxygens (including phenoxy) is 1. The summed E-state index contributed by atoms with van der Waals surface area (Å²) in [5.41, 5.74) is 0.856. The van der Waals surface area contributed by atoms with E-state index in [9.17, 15) is 9.59 Å². The number of carbonyl (C=O) groups excluding carboxylic acids is 2. The lowest BCUT2D eigenvalue weighted by molar-refractivity contribution is -0.123. The average Bonchev–Trinajstić information content (AvgIpc) is 2.05. The number of esters is 1. The van der Waals surface area contributed by atoms with Gasteiger partial charge in [-0.3, -0.25) is 4.79 Å². The zero-order chi connectivity index (χ0) is 8.97. The van der Waals surface area contributed by atoms with Crippen LogP contribution in [0.1, 0.15) is 16.1 Å². The minimum absolute atomic E-state index is 0.0937. The molecule has 1 heterocycles. The lowest BCUT2D eigenvalue weighted by Gasteiger charge is -1.98. The molecule has 12 heavy (non-hydrogen) atoms. The van der Waals surface area contributed by atoms with E-state index in [0.29, 0.717) is 5.56 Å². The van der Waals surface area contributed by atoms with Gasteiger partial charge in [0, 0.05) is 6.20 Å². The Bertz CT molecular complexity index is 309. The lowest BCUT2D eigenvalue weighted by Crippen LogP contribution is -2.07. The van der Waals surface area contributed by atoms with E-state index in [1.807, 2.05) is 0 Å². The van der Waals surface area contributed by atoms with Gasteiger partial charge in [0.1, 0.15) is 0 Å². The van der Waals surface area contributed by atoms with Crippen molar-refractivity contribution >= 4 is 12.4 Å². The Morgan fingerprint density at radius 1 is 1.67 bits per heavy atom. The molecule has 4 heteroatoms. The Hall–Kier alpha value is -1.71. The van der Waals surface area contributed by atoms with Crippen molar-refractivity contribution < 1.29 is 14.3 Å². The first-order valence-corrected chi connectivity index (χ1v) is 3.32. The van der Waals surface area contributed by atoms with E-state index in [-0.39, 0.29) is 12.2 Å². The van der Waals surface area contributed by atoms with E-state index >= 15 is 0 Å². The summed E-state index contributed by atoms with van der Waals surface area (Å²) in [6.45, 7) is 1.81. The number of nitrogens with zero attached hydrogens (tertiary/aromatic N) is 1. The zero-order valence-corrected chi connectivity index (χ0v) is 6.48. The van der Waals surface area contributed by atoms with Crippen molar-refractivity contribution in [2.45, 2.75) is 6.92 Å². The van der Waals surface area contributed by atoms with E-state index < -0.39 is 5.97 Å². The first kappa shape index (κ1) is 8.39. The van der Waals surface area contributed by atoms with Crippen LogP contribution in [-0.2, 0) is 9.53 Å². The Morgan fingerprint density at radius 3 is 3.00 bits per heavy atom. The van der Waals surface area contributed by atoms with Gasteiger partial charge >= 0.3 is 12.4 Å². The van der Waals surface area contributed by atoms with Crippen molar-refractivity contribution in [1.82, 2.24) is 4.98 Å². The Kier molecular flexibility index (Phi) is 2.53. The van der Waals surface area contributed by atoms with Crippen LogP contribution in [0.15, 0.2) is 18.3 Å². The Labute approximate surface area is 69.2 Å². The number of aromatic nitrogens is 1. The standard InChI is InChI=1S/C8H7NO3/c1-6-3-2-4-9-7(6)8(11)12-5-10/h2-5H,1H3. The van der Waals surface area contributed by atoms with Crippen LogP contribution in [-0.4, -0.2) is 17.4 Å². The third kappa shape index (κ3) is 1.66. The highest BCUT2D eigenvalue weighted by molar-refractivity contribution is 5.92. The van der Waals surface area contributed by atoms with Crippen molar-refractivity contribution in [3.05, 3.63) is 29.6 Å². The second-order valence-electron chi connectivity index (χ2n) is 2.17. The second-order valence-corrected chi connectivity index (χ2v) is 2.17. The van der Waals surface area contributed by atoms with Gasteiger partial charge in [0.05, 0.1) is 0 Å². The number of hydrogen-bond donors (Lipinski definition) is 0. The Balaban J connectivity index is 2.94. The van der Waals surface area contributed by atoms with E-state index in [2.05, 4.69) is 9.72 Å². The molecule has 1 aromatic rings. The number of carbonyl (C=O) groups is 2. The van der Waals surface area contributed by atoms with Crippen LogP contribution in [0.2, 0.25) is 0 Å². The van der Waals surface area contributed by atoms with Gasteiger partial charge in [0.2, 0.25) is 0 Å². The van der Waals surface area contributed by atoms with Crippen LogP contribution >= 0.6 is 0 Å². The molecule has 0 aromatic carbocycles. The summed E-state index contributed by atoms with van der Waals surface area (Å²) in [7, 11) is 0. The number of aryl methyl sites for hydroxylation is 1. The molecule has 0 aliphatic rings. The molecule has 0 saturated carbocycles. The lowest BCUT2D eigenvalue weighted by atomic mass is 10.2. The van der Waals surface area contributed by atoms with E-state index in [1.165, 1.54) is 6.20 Å². The van der Waals surface area contributed by atoms with Gasteiger partial charge in [0.25, 0.3) is 0 Å². The number of hydrogen-bond acceptors (Lipinski definition) is 4. The molecule has 1 aromatic heterocycles. The quantitative estimate of drug-likeness (QED) is 0.368. The van der Waals surface area contributed by atoms with Gasteiger partial charge in [-0.15, -0.1) is 0 Å². The van der Waals surface area contributed by atoms with Crippen molar-refractivity contribution in [1.29, 1.82) is 0 Å². The summed E-state index contributed by atoms with van der Waals surface area (Å²) >= 11 is 0. The summed E-state index contributed by atoms with van der Waals surface area (Å²) in [5, 5.41) is 0. The highest BCUT2D eigenvalue weighted by Gasteiger charge is 2.10. The molecule has 0 spiro atoms. The molecular weight excluding hydrogens is 158 g/mol. The largest absolute Gasteiger partial charge is 0.391 e. The number of rotatable bonds is 2. The van der Waals surface area contributed by atoms with E-state index in [4.69, 9.17) is 0 Å². The van der Waals surface area contributed by atoms with Crippen LogP contribution in [0, 0.1) is 6.92 Å². The molecule has 0 aliphatic heterocycles. The maximum absolute atomic E-state index is 10.9. The van der Waals surface area contributed by atoms with Gasteiger partial charge in [-0.2, -0.15) is 0 Å². The number of pyridine rings is 1. The monoisotopic (exact) mass is 165 g/mol. The topological polar surface area (TPSA) is 56.3 Å². The van der Waals surface area contributed by atoms with Crippen LogP contribution in [0.3, 0.4) is 0 Å². The molecule has 0 N–H and O–H groups in total. The predicted molar refractivity (Wildman–Crippen MR) is 40.5 cm³/mol. The average molecular weight is 165 g/mol. The molecule has 0 saturated heterocycles. The van der Waals surface area contributed by atoms with Crippen molar-refractivity contribution in [2.75, 3.05) is 0 Å². The van der Waals surface area contributed by atoms with Crippen molar-refractivity contribution in [3.63, 3.8) is 0 Å². The molecule has 0 aliphatic carbocycles. The van der Waals surface area contributed by atoms with Gasteiger partial charge in [-0.1, -0.05) is 6.07 Å². The van der Waals surface area contributed by atoms with Crippen LogP contribution < -0.4 is 0 Å². The molecule has 0 unspecified atom stereocenters. The molecule has 1 rings (SSSR count). The molecule has 0 fully saturated rings.